The summed E-state index contributed by atoms with van der Waals surface area (Å²) in [6.07, 6.45) is 2.60. The molecule has 0 aromatic heterocycles. The number of rotatable bonds is 3. The first-order valence-corrected chi connectivity index (χ1v) is 5.60. The molecular formula is C12H21NO2. The lowest BCUT2D eigenvalue weighted by Gasteiger charge is -2.35. The lowest BCUT2D eigenvalue weighted by Crippen LogP contribution is -2.39. The summed E-state index contributed by atoms with van der Waals surface area (Å²) in [7, 11) is 0. The first-order valence-electron chi connectivity index (χ1n) is 5.60. The van der Waals surface area contributed by atoms with E-state index in [-0.39, 0.29) is 0 Å². The zero-order chi connectivity index (χ0) is 11.4. The van der Waals surface area contributed by atoms with Crippen LogP contribution >= 0.6 is 0 Å². The van der Waals surface area contributed by atoms with Crippen LogP contribution in [0.15, 0.2) is 11.6 Å². The average molecular weight is 211 g/mol. The average Bonchev–Trinajstić information content (AvgIpc) is 1.98. The molecule has 1 rings (SSSR count). The highest BCUT2D eigenvalue weighted by molar-refractivity contribution is 5.80. The van der Waals surface area contributed by atoms with Gasteiger partial charge >= 0.3 is 5.97 Å². The number of likely N-dealkylation sites (tertiary alicyclic amines) is 1. The number of hydrogen-bond donors (Lipinski definition) is 1. The monoisotopic (exact) mass is 211 g/mol. The third kappa shape index (κ3) is 4.47. The van der Waals surface area contributed by atoms with E-state index in [1.807, 2.05) is 6.92 Å². The third-order valence-corrected chi connectivity index (χ3v) is 2.79. The summed E-state index contributed by atoms with van der Waals surface area (Å²) in [5.41, 5.74) is 0.934. The van der Waals surface area contributed by atoms with E-state index in [1.165, 1.54) is 12.5 Å². The molecule has 15 heavy (non-hydrogen) atoms. The molecule has 0 aromatic carbocycles. The summed E-state index contributed by atoms with van der Waals surface area (Å²) in [4.78, 5) is 12.8. The lowest BCUT2D eigenvalue weighted by atomic mass is 9.91. The third-order valence-electron chi connectivity index (χ3n) is 2.79. The van der Waals surface area contributed by atoms with Crippen LogP contribution in [0.2, 0.25) is 0 Å². The maximum atomic E-state index is 10.5. The maximum absolute atomic E-state index is 10.5. The van der Waals surface area contributed by atoms with Gasteiger partial charge in [-0.1, -0.05) is 19.4 Å². The number of hydrogen-bond acceptors (Lipinski definition) is 2. The van der Waals surface area contributed by atoms with Gasteiger partial charge in [0.25, 0.3) is 0 Å². The molecule has 0 aromatic rings. The number of carboxylic acids is 1. The Hall–Kier alpha value is -0.830. The van der Waals surface area contributed by atoms with Crippen molar-refractivity contribution in [3.05, 3.63) is 11.6 Å². The number of nitrogens with zero attached hydrogens (tertiary/aromatic N) is 1. The molecule has 1 aliphatic heterocycles. The van der Waals surface area contributed by atoms with E-state index in [9.17, 15) is 4.79 Å². The Morgan fingerprint density at radius 2 is 1.93 bits per heavy atom. The first-order chi connectivity index (χ1) is 6.97. The molecule has 1 heterocycles. The quantitative estimate of drug-likeness (QED) is 0.726. The fraction of sp³-hybridized carbons (Fsp3) is 0.750. The second kappa shape index (κ2) is 5.31. The highest BCUT2D eigenvalue weighted by Crippen LogP contribution is 2.21. The summed E-state index contributed by atoms with van der Waals surface area (Å²) in [5, 5.41) is 8.62. The molecule has 1 N–H and O–H groups in total. The first kappa shape index (κ1) is 12.2. The predicted molar refractivity (Wildman–Crippen MR) is 60.8 cm³/mol. The van der Waals surface area contributed by atoms with E-state index in [1.54, 1.807) is 0 Å². The Labute approximate surface area is 91.8 Å². The Kier molecular flexibility index (Phi) is 4.33. The number of carbonyl (C=O) groups is 1. The van der Waals surface area contributed by atoms with Gasteiger partial charge in [0.1, 0.15) is 0 Å². The minimum Gasteiger partial charge on any atom is -0.478 e. The summed E-state index contributed by atoms with van der Waals surface area (Å²) in [6.45, 7) is 9.39. The van der Waals surface area contributed by atoms with Gasteiger partial charge in [-0.05, 0) is 25.2 Å². The summed E-state index contributed by atoms with van der Waals surface area (Å²) >= 11 is 0. The summed E-state index contributed by atoms with van der Waals surface area (Å²) < 4.78 is 0. The van der Waals surface area contributed by atoms with Crippen molar-refractivity contribution in [1.29, 1.82) is 0 Å². The number of piperidine rings is 1. The normalized spacial score (nSPS) is 29.1. The largest absolute Gasteiger partial charge is 0.478 e. The van der Waals surface area contributed by atoms with Crippen molar-refractivity contribution in [3.63, 3.8) is 0 Å². The van der Waals surface area contributed by atoms with Gasteiger partial charge in [-0.15, -0.1) is 0 Å². The van der Waals surface area contributed by atoms with E-state index >= 15 is 0 Å². The van der Waals surface area contributed by atoms with Crippen LogP contribution in [0, 0.1) is 11.8 Å². The van der Waals surface area contributed by atoms with E-state index in [2.05, 4.69) is 18.7 Å². The second-order valence-electron chi connectivity index (χ2n) is 4.97. The van der Waals surface area contributed by atoms with Crippen LogP contribution in [-0.4, -0.2) is 35.6 Å². The van der Waals surface area contributed by atoms with Crippen LogP contribution in [0.5, 0.6) is 0 Å². The highest BCUT2D eigenvalue weighted by atomic mass is 16.4. The van der Waals surface area contributed by atoms with Gasteiger partial charge in [0, 0.05) is 25.7 Å². The Morgan fingerprint density at radius 1 is 1.40 bits per heavy atom. The number of aliphatic carboxylic acids is 1. The number of carboxylic acid groups (broad SMARTS) is 1. The zero-order valence-corrected chi connectivity index (χ0v) is 9.86. The van der Waals surface area contributed by atoms with Gasteiger partial charge in [0.05, 0.1) is 0 Å². The van der Waals surface area contributed by atoms with Gasteiger partial charge in [-0.3, -0.25) is 4.90 Å². The summed E-state index contributed by atoms with van der Waals surface area (Å²) in [6, 6.07) is 0. The smallest absolute Gasteiger partial charge is 0.328 e. The standard InChI is InChI=1S/C12H21NO2/c1-9-4-10(2)7-13(6-9)8-11(3)5-12(14)15/h5,9-10H,4,6-8H2,1-3H3,(H,14,15). The zero-order valence-electron chi connectivity index (χ0n) is 9.86. The van der Waals surface area contributed by atoms with Crippen molar-refractivity contribution in [2.45, 2.75) is 27.2 Å². The van der Waals surface area contributed by atoms with Crippen molar-refractivity contribution in [2.75, 3.05) is 19.6 Å². The molecule has 0 spiro atoms. The molecule has 0 amide bonds. The Morgan fingerprint density at radius 3 is 2.40 bits per heavy atom. The molecule has 1 fully saturated rings. The molecule has 1 aliphatic rings. The minimum absolute atomic E-state index is 0.728. The van der Waals surface area contributed by atoms with Gasteiger partial charge < -0.3 is 5.11 Å². The van der Waals surface area contributed by atoms with Crippen LogP contribution in [0.3, 0.4) is 0 Å². The van der Waals surface area contributed by atoms with E-state index in [0.717, 1.165) is 37.0 Å². The highest BCUT2D eigenvalue weighted by Gasteiger charge is 2.21. The van der Waals surface area contributed by atoms with Gasteiger partial charge in [0.15, 0.2) is 0 Å². The van der Waals surface area contributed by atoms with Crippen LogP contribution in [-0.2, 0) is 4.79 Å². The molecule has 2 atom stereocenters. The molecule has 3 nitrogen and oxygen atoms in total. The van der Waals surface area contributed by atoms with Crippen molar-refractivity contribution in [1.82, 2.24) is 4.90 Å². The van der Waals surface area contributed by atoms with Crippen molar-refractivity contribution < 1.29 is 9.90 Å². The molecular weight excluding hydrogens is 190 g/mol. The minimum atomic E-state index is -0.842. The SMILES string of the molecule is CC(=CC(=O)O)CN1CC(C)CC(C)C1. The molecule has 0 saturated carbocycles. The van der Waals surface area contributed by atoms with Crippen LogP contribution in [0.1, 0.15) is 27.2 Å². The van der Waals surface area contributed by atoms with Gasteiger partial charge in [-0.25, -0.2) is 4.79 Å². The maximum Gasteiger partial charge on any atom is 0.328 e. The van der Waals surface area contributed by atoms with Crippen LogP contribution < -0.4 is 0 Å². The van der Waals surface area contributed by atoms with Crippen molar-refractivity contribution >= 4 is 5.97 Å². The second-order valence-corrected chi connectivity index (χ2v) is 4.97. The molecule has 3 heteroatoms. The van der Waals surface area contributed by atoms with Crippen molar-refractivity contribution in [2.24, 2.45) is 11.8 Å². The Balaban J connectivity index is 2.47. The summed E-state index contributed by atoms with van der Waals surface area (Å²) in [5.74, 6) is 0.614. The molecule has 0 radical (unpaired) electrons. The van der Waals surface area contributed by atoms with Crippen LogP contribution in [0.25, 0.3) is 0 Å². The molecule has 1 saturated heterocycles. The lowest BCUT2D eigenvalue weighted by molar-refractivity contribution is -0.131. The van der Waals surface area contributed by atoms with Crippen molar-refractivity contribution in [3.8, 4) is 0 Å². The molecule has 2 unspecified atom stereocenters. The van der Waals surface area contributed by atoms with Gasteiger partial charge in [-0.2, -0.15) is 0 Å². The van der Waals surface area contributed by atoms with Gasteiger partial charge in [0.2, 0.25) is 0 Å². The van der Waals surface area contributed by atoms with Crippen LogP contribution in [0.4, 0.5) is 0 Å². The molecule has 0 aliphatic carbocycles. The van der Waals surface area contributed by atoms with E-state index < -0.39 is 5.97 Å². The fourth-order valence-corrected chi connectivity index (χ4v) is 2.53. The molecule has 0 bridgehead atoms. The van der Waals surface area contributed by atoms with E-state index in [4.69, 9.17) is 5.11 Å². The van der Waals surface area contributed by atoms with E-state index in [0.29, 0.717) is 0 Å². The predicted octanol–water partition coefficient (Wildman–Crippen LogP) is 2.00. The Bertz CT molecular complexity index is 250. The fourth-order valence-electron chi connectivity index (χ4n) is 2.53. The molecule has 86 valence electrons. The topological polar surface area (TPSA) is 40.5 Å².